The Kier molecular flexibility index (Phi) is 4.91. The van der Waals surface area contributed by atoms with Gasteiger partial charge in [0.15, 0.2) is 0 Å². The molecule has 1 N–H and O–H groups in total. The molecule has 0 unspecified atom stereocenters. The zero-order valence-electron chi connectivity index (χ0n) is 12.0. The number of hydrogen-bond donors (Lipinski definition) is 1. The standard InChI is InChI=1S/C16H18ClNO2S/c1-12(2)11-13-3-7-15(8-4-13)18-21(19,20)16-9-5-14(17)6-10-16/h3-10,12,18H,11H2,1-2H3. The van der Waals surface area contributed by atoms with E-state index in [2.05, 4.69) is 18.6 Å². The van der Waals surface area contributed by atoms with Crippen LogP contribution < -0.4 is 4.72 Å². The molecule has 3 nitrogen and oxygen atoms in total. The average Bonchev–Trinajstić information content (AvgIpc) is 2.40. The maximum atomic E-state index is 12.2. The Bertz CT molecular complexity index is 692. The number of halogens is 1. The number of anilines is 1. The van der Waals surface area contributed by atoms with Gasteiger partial charge in [0.25, 0.3) is 10.0 Å². The van der Waals surface area contributed by atoms with Crippen molar-refractivity contribution in [2.75, 3.05) is 4.72 Å². The number of benzene rings is 2. The smallest absolute Gasteiger partial charge is 0.261 e. The van der Waals surface area contributed by atoms with Crippen LogP contribution in [0.2, 0.25) is 5.02 Å². The number of sulfonamides is 1. The lowest BCUT2D eigenvalue weighted by Gasteiger charge is -2.10. The third kappa shape index (κ3) is 4.48. The third-order valence-electron chi connectivity index (χ3n) is 2.97. The highest BCUT2D eigenvalue weighted by molar-refractivity contribution is 7.92. The molecular weight excluding hydrogens is 306 g/mol. The number of hydrogen-bond acceptors (Lipinski definition) is 2. The fraction of sp³-hybridized carbons (Fsp3) is 0.250. The minimum absolute atomic E-state index is 0.193. The van der Waals surface area contributed by atoms with Gasteiger partial charge in [-0.3, -0.25) is 4.72 Å². The molecule has 2 aromatic carbocycles. The largest absolute Gasteiger partial charge is 0.280 e. The van der Waals surface area contributed by atoms with E-state index in [9.17, 15) is 8.42 Å². The van der Waals surface area contributed by atoms with Gasteiger partial charge < -0.3 is 0 Å². The molecule has 0 spiro atoms. The van der Waals surface area contributed by atoms with E-state index in [0.29, 0.717) is 16.6 Å². The van der Waals surface area contributed by atoms with Crippen molar-refractivity contribution in [1.82, 2.24) is 0 Å². The zero-order valence-corrected chi connectivity index (χ0v) is 13.6. The van der Waals surface area contributed by atoms with E-state index in [1.807, 2.05) is 12.1 Å². The summed E-state index contributed by atoms with van der Waals surface area (Å²) in [6.07, 6.45) is 0.976. The van der Waals surface area contributed by atoms with E-state index in [1.165, 1.54) is 17.7 Å². The lowest BCUT2D eigenvalue weighted by molar-refractivity contribution is 0.601. The summed E-state index contributed by atoms with van der Waals surface area (Å²) in [5.41, 5.74) is 1.75. The highest BCUT2D eigenvalue weighted by Crippen LogP contribution is 2.19. The van der Waals surface area contributed by atoms with Crippen molar-refractivity contribution in [2.24, 2.45) is 5.92 Å². The molecule has 112 valence electrons. The summed E-state index contributed by atoms with van der Waals surface area (Å²) in [6.45, 7) is 4.30. The van der Waals surface area contributed by atoms with Crippen molar-refractivity contribution >= 4 is 27.3 Å². The molecule has 0 heterocycles. The molecule has 0 bridgehead atoms. The Morgan fingerprint density at radius 2 is 1.57 bits per heavy atom. The van der Waals surface area contributed by atoms with Crippen LogP contribution in [0, 0.1) is 5.92 Å². The van der Waals surface area contributed by atoms with Gasteiger partial charge in [-0.05, 0) is 54.3 Å². The number of rotatable bonds is 5. The quantitative estimate of drug-likeness (QED) is 0.889. The van der Waals surface area contributed by atoms with E-state index in [4.69, 9.17) is 11.6 Å². The fourth-order valence-corrected chi connectivity index (χ4v) is 3.19. The van der Waals surface area contributed by atoms with Gasteiger partial charge in [0.2, 0.25) is 0 Å². The summed E-state index contributed by atoms with van der Waals surface area (Å²) >= 11 is 5.77. The van der Waals surface area contributed by atoms with Gasteiger partial charge in [0, 0.05) is 10.7 Å². The second-order valence-electron chi connectivity index (χ2n) is 5.35. The maximum Gasteiger partial charge on any atom is 0.261 e. The first-order valence-corrected chi connectivity index (χ1v) is 8.60. The van der Waals surface area contributed by atoms with Crippen LogP contribution in [0.3, 0.4) is 0 Å². The van der Waals surface area contributed by atoms with E-state index < -0.39 is 10.0 Å². The first kappa shape index (κ1) is 15.9. The first-order valence-electron chi connectivity index (χ1n) is 6.74. The molecule has 21 heavy (non-hydrogen) atoms. The molecule has 0 radical (unpaired) electrons. The molecule has 2 aromatic rings. The Hall–Kier alpha value is -1.52. The molecule has 0 atom stereocenters. The summed E-state index contributed by atoms with van der Waals surface area (Å²) in [5, 5.41) is 0.506. The van der Waals surface area contributed by atoms with Gasteiger partial charge in [-0.2, -0.15) is 0 Å². The molecule has 0 aliphatic carbocycles. The van der Waals surface area contributed by atoms with Gasteiger partial charge >= 0.3 is 0 Å². The minimum atomic E-state index is -3.57. The lowest BCUT2D eigenvalue weighted by Crippen LogP contribution is -2.12. The highest BCUT2D eigenvalue weighted by atomic mass is 35.5. The molecule has 0 saturated heterocycles. The average molecular weight is 324 g/mol. The predicted molar refractivity (Wildman–Crippen MR) is 87.2 cm³/mol. The second-order valence-corrected chi connectivity index (χ2v) is 7.47. The van der Waals surface area contributed by atoms with Crippen LogP contribution in [-0.4, -0.2) is 8.42 Å². The molecule has 0 aliphatic rings. The Balaban J connectivity index is 2.15. The van der Waals surface area contributed by atoms with Crippen LogP contribution in [0.5, 0.6) is 0 Å². The van der Waals surface area contributed by atoms with Crippen LogP contribution in [0.4, 0.5) is 5.69 Å². The first-order chi connectivity index (χ1) is 9.87. The molecular formula is C16H18ClNO2S. The Morgan fingerprint density at radius 3 is 2.10 bits per heavy atom. The Labute approximate surface area is 131 Å². The molecule has 2 rings (SSSR count). The van der Waals surface area contributed by atoms with E-state index >= 15 is 0 Å². The minimum Gasteiger partial charge on any atom is -0.280 e. The van der Waals surface area contributed by atoms with Gasteiger partial charge in [0.05, 0.1) is 4.90 Å². The van der Waals surface area contributed by atoms with Crippen molar-refractivity contribution in [3.05, 3.63) is 59.1 Å². The van der Waals surface area contributed by atoms with Crippen molar-refractivity contribution in [1.29, 1.82) is 0 Å². The lowest BCUT2D eigenvalue weighted by atomic mass is 10.0. The van der Waals surface area contributed by atoms with Crippen LogP contribution in [-0.2, 0) is 16.4 Å². The summed E-state index contributed by atoms with van der Waals surface area (Å²) in [6, 6.07) is 13.5. The highest BCUT2D eigenvalue weighted by Gasteiger charge is 2.13. The maximum absolute atomic E-state index is 12.2. The predicted octanol–water partition coefficient (Wildman–Crippen LogP) is 4.34. The van der Waals surface area contributed by atoms with Crippen molar-refractivity contribution < 1.29 is 8.42 Å². The SMILES string of the molecule is CC(C)Cc1ccc(NS(=O)(=O)c2ccc(Cl)cc2)cc1. The van der Waals surface area contributed by atoms with Gasteiger partial charge in [-0.1, -0.05) is 37.6 Å². The van der Waals surface area contributed by atoms with Crippen molar-refractivity contribution in [3.8, 4) is 0 Å². The normalized spacial score (nSPS) is 11.6. The molecule has 0 aliphatic heterocycles. The summed E-state index contributed by atoms with van der Waals surface area (Å²) in [5.74, 6) is 0.571. The van der Waals surface area contributed by atoms with Gasteiger partial charge in [0.1, 0.15) is 0 Å². The monoisotopic (exact) mass is 323 g/mol. The molecule has 0 aromatic heterocycles. The Morgan fingerprint density at radius 1 is 1.00 bits per heavy atom. The zero-order chi connectivity index (χ0) is 15.5. The number of nitrogens with one attached hydrogen (secondary N) is 1. The van der Waals surface area contributed by atoms with Gasteiger partial charge in [-0.25, -0.2) is 8.42 Å². The van der Waals surface area contributed by atoms with E-state index in [1.54, 1.807) is 24.3 Å². The second kappa shape index (κ2) is 6.50. The molecule has 5 heteroatoms. The van der Waals surface area contributed by atoms with Crippen LogP contribution >= 0.6 is 11.6 Å². The van der Waals surface area contributed by atoms with Crippen LogP contribution in [0.15, 0.2) is 53.4 Å². The van der Waals surface area contributed by atoms with Crippen molar-refractivity contribution in [3.63, 3.8) is 0 Å². The summed E-state index contributed by atoms with van der Waals surface area (Å²) in [4.78, 5) is 0.193. The fourth-order valence-electron chi connectivity index (χ4n) is 2.01. The van der Waals surface area contributed by atoms with Crippen LogP contribution in [0.25, 0.3) is 0 Å². The summed E-state index contributed by atoms with van der Waals surface area (Å²) < 4.78 is 27.0. The summed E-state index contributed by atoms with van der Waals surface area (Å²) in [7, 11) is -3.57. The van der Waals surface area contributed by atoms with Crippen molar-refractivity contribution in [2.45, 2.75) is 25.2 Å². The van der Waals surface area contributed by atoms with Gasteiger partial charge in [-0.15, -0.1) is 0 Å². The topological polar surface area (TPSA) is 46.2 Å². The van der Waals surface area contributed by atoms with Crippen LogP contribution in [0.1, 0.15) is 19.4 Å². The molecule has 0 amide bonds. The molecule has 0 fully saturated rings. The molecule has 0 saturated carbocycles. The van der Waals surface area contributed by atoms with E-state index in [0.717, 1.165) is 6.42 Å². The van der Waals surface area contributed by atoms with E-state index in [-0.39, 0.29) is 4.90 Å². The third-order valence-corrected chi connectivity index (χ3v) is 4.62.